The zero-order chi connectivity index (χ0) is 18.0. The molecule has 2 saturated carbocycles. The lowest BCUT2D eigenvalue weighted by Gasteiger charge is -2.41. The van der Waals surface area contributed by atoms with Crippen LogP contribution in [-0.2, 0) is 9.59 Å². The number of hydrogen-bond acceptors (Lipinski definition) is 3. The minimum atomic E-state index is -1.44. The van der Waals surface area contributed by atoms with Crippen LogP contribution in [0.2, 0.25) is 0 Å². The van der Waals surface area contributed by atoms with E-state index in [9.17, 15) is 19.5 Å². The molecule has 2 atom stereocenters. The summed E-state index contributed by atoms with van der Waals surface area (Å²) in [5.41, 5.74) is -1.44. The first kappa shape index (κ1) is 18.2. The topological polar surface area (TPSA) is 86.7 Å². The maximum Gasteiger partial charge on any atom is 0.330 e. The van der Waals surface area contributed by atoms with E-state index in [4.69, 9.17) is 0 Å². The van der Waals surface area contributed by atoms with E-state index < -0.39 is 23.6 Å². The van der Waals surface area contributed by atoms with Gasteiger partial charge < -0.3 is 10.4 Å². The van der Waals surface area contributed by atoms with Gasteiger partial charge in [0.1, 0.15) is 11.6 Å². The maximum absolute atomic E-state index is 13.0. The summed E-state index contributed by atoms with van der Waals surface area (Å²) in [7, 11) is 0. The van der Waals surface area contributed by atoms with Crippen LogP contribution in [0.5, 0.6) is 0 Å². The number of carbonyl (C=O) groups excluding carboxylic acids is 2. The summed E-state index contributed by atoms with van der Waals surface area (Å²) >= 11 is 0. The highest BCUT2D eigenvalue weighted by molar-refractivity contribution is 6.08. The second-order valence-corrected chi connectivity index (χ2v) is 8.20. The van der Waals surface area contributed by atoms with E-state index in [2.05, 4.69) is 5.32 Å². The van der Waals surface area contributed by atoms with Crippen molar-refractivity contribution in [2.24, 2.45) is 11.8 Å². The van der Waals surface area contributed by atoms with Gasteiger partial charge in [-0.2, -0.15) is 0 Å². The van der Waals surface area contributed by atoms with Gasteiger partial charge in [0.05, 0.1) is 0 Å². The summed E-state index contributed by atoms with van der Waals surface area (Å²) in [4.78, 5) is 38.7. The Morgan fingerprint density at radius 2 is 1.64 bits per heavy atom. The normalized spacial score (nSPS) is 28.7. The fourth-order valence-electron chi connectivity index (χ4n) is 5.00. The van der Waals surface area contributed by atoms with Crippen molar-refractivity contribution in [1.29, 1.82) is 0 Å². The average Bonchev–Trinajstić information content (AvgIpc) is 2.89. The largest absolute Gasteiger partial charge is 0.479 e. The molecule has 3 amide bonds. The number of carbonyl (C=O) groups is 3. The summed E-state index contributed by atoms with van der Waals surface area (Å²) in [6, 6.07) is -1.08. The fourth-order valence-corrected chi connectivity index (χ4v) is 5.00. The molecule has 0 radical (unpaired) electrons. The molecule has 1 heterocycles. The molecule has 3 aliphatic rings. The quantitative estimate of drug-likeness (QED) is 0.745. The summed E-state index contributed by atoms with van der Waals surface area (Å²) in [6.07, 6.45) is 11.0. The van der Waals surface area contributed by atoms with Crippen LogP contribution in [0.1, 0.15) is 77.6 Å². The van der Waals surface area contributed by atoms with Gasteiger partial charge >= 0.3 is 12.0 Å². The molecule has 0 aromatic rings. The minimum absolute atomic E-state index is 0.165. The molecule has 2 aliphatic carbocycles. The Balaban J connectivity index is 1.77. The Kier molecular flexibility index (Phi) is 5.35. The van der Waals surface area contributed by atoms with Gasteiger partial charge in [0.2, 0.25) is 0 Å². The zero-order valence-electron chi connectivity index (χ0n) is 15.1. The highest BCUT2D eigenvalue weighted by Crippen LogP contribution is 2.39. The molecule has 2 N–H and O–H groups in total. The number of nitrogens with zero attached hydrogens (tertiary/aromatic N) is 1. The standard InChI is InChI=1S/C19H30N2O4/c1-19(17(23)24,14-10-6-3-7-11-14)21-16(22)15(20-18(21)25)12-13-8-4-2-5-9-13/h13-15H,2-12H2,1H3,(H,20,25)(H,23,24). The molecular formula is C19H30N2O4. The monoisotopic (exact) mass is 350 g/mol. The third-order valence-electron chi connectivity index (χ3n) is 6.61. The van der Waals surface area contributed by atoms with Crippen molar-refractivity contribution < 1.29 is 19.5 Å². The third kappa shape index (κ3) is 3.40. The fraction of sp³-hybridized carbons (Fsp3) is 0.842. The van der Waals surface area contributed by atoms with Gasteiger partial charge in [-0.15, -0.1) is 0 Å². The summed E-state index contributed by atoms with van der Waals surface area (Å²) < 4.78 is 0. The van der Waals surface area contributed by atoms with Gasteiger partial charge in [0, 0.05) is 0 Å². The number of aliphatic carboxylic acids is 1. The molecule has 0 spiro atoms. The Labute approximate surface area is 149 Å². The molecule has 0 aromatic heterocycles. The predicted molar refractivity (Wildman–Crippen MR) is 93.0 cm³/mol. The van der Waals surface area contributed by atoms with E-state index in [1.54, 1.807) is 6.92 Å². The zero-order valence-corrected chi connectivity index (χ0v) is 15.1. The SMILES string of the molecule is CC(C(=O)O)(C1CCCCC1)N1C(=O)NC(CC2CCCCC2)C1=O. The lowest BCUT2D eigenvalue weighted by Crippen LogP contribution is -2.60. The Morgan fingerprint density at radius 3 is 2.20 bits per heavy atom. The Hall–Kier alpha value is -1.59. The van der Waals surface area contributed by atoms with Crippen LogP contribution < -0.4 is 5.32 Å². The van der Waals surface area contributed by atoms with Gasteiger partial charge in [-0.25, -0.2) is 14.5 Å². The smallest absolute Gasteiger partial charge is 0.330 e. The lowest BCUT2D eigenvalue weighted by atomic mass is 9.74. The second kappa shape index (κ2) is 7.34. The number of rotatable bonds is 5. The molecule has 6 heteroatoms. The van der Waals surface area contributed by atoms with Crippen molar-refractivity contribution >= 4 is 17.9 Å². The number of carboxylic acids is 1. The molecule has 0 aromatic carbocycles. The van der Waals surface area contributed by atoms with E-state index in [1.807, 2.05) is 0 Å². The average molecular weight is 350 g/mol. The van der Waals surface area contributed by atoms with Crippen molar-refractivity contribution in [3.8, 4) is 0 Å². The van der Waals surface area contributed by atoms with Crippen LogP contribution in [0.3, 0.4) is 0 Å². The first-order valence-electron chi connectivity index (χ1n) is 9.82. The van der Waals surface area contributed by atoms with Crippen LogP contribution in [0.15, 0.2) is 0 Å². The number of amides is 3. The number of imide groups is 1. The van der Waals surface area contributed by atoms with Crippen LogP contribution in [0, 0.1) is 11.8 Å². The molecule has 0 bridgehead atoms. The van der Waals surface area contributed by atoms with Crippen LogP contribution in [0.25, 0.3) is 0 Å². The molecular weight excluding hydrogens is 320 g/mol. The van der Waals surface area contributed by atoms with Crippen molar-refractivity contribution in [2.45, 2.75) is 89.1 Å². The molecule has 3 fully saturated rings. The third-order valence-corrected chi connectivity index (χ3v) is 6.61. The molecule has 2 unspecified atom stereocenters. The van der Waals surface area contributed by atoms with Crippen LogP contribution >= 0.6 is 0 Å². The number of carboxylic acid groups (broad SMARTS) is 1. The number of urea groups is 1. The van der Waals surface area contributed by atoms with Crippen molar-refractivity contribution in [2.75, 3.05) is 0 Å². The van der Waals surface area contributed by atoms with E-state index in [1.165, 1.54) is 19.3 Å². The maximum atomic E-state index is 13.0. The minimum Gasteiger partial charge on any atom is -0.479 e. The lowest BCUT2D eigenvalue weighted by molar-refractivity contribution is -0.158. The van der Waals surface area contributed by atoms with Crippen molar-refractivity contribution in [1.82, 2.24) is 10.2 Å². The molecule has 140 valence electrons. The second-order valence-electron chi connectivity index (χ2n) is 8.20. The summed E-state index contributed by atoms with van der Waals surface area (Å²) in [5, 5.41) is 12.7. The van der Waals surface area contributed by atoms with Crippen LogP contribution in [-0.4, -0.2) is 39.5 Å². The molecule has 3 rings (SSSR count). The molecule has 1 saturated heterocycles. The van der Waals surface area contributed by atoms with E-state index in [-0.39, 0.29) is 11.8 Å². The van der Waals surface area contributed by atoms with Gasteiger partial charge in [-0.05, 0) is 38.0 Å². The van der Waals surface area contributed by atoms with Gasteiger partial charge in [-0.3, -0.25) is 4.79 Å². The van der Waals surface area contributed by atoms with E-state index in [0.717, 1.165) is 49.8 Å². The summed E-state index contributed by atoms with van der Waals surface area (Å²) in [6.45, 7) is 1.56. The van der Waals surface area contributed by atoms with E-state index in [0.29, 0.717) is 12.3 Å². The van der Waals surface area contributed by atoms with Gasteiger partial charge in [-0.1, -0.05) is 51.4 Å². The highest BCUT2D eigenvalue weighted by Gasteiger charge is 2.56. The van der Waals surface area contributed by atoms with Crippen LogP contribution in [0.4, 0.5) is 4.79 Å². The summed E-state index contributed by atoms with van der Waals surface area (Å²) in [5.74, 6) is -1.12. The van der Waals surface area contributed by atoms with Gasteiger partial charge in [0.15, 0.2) is 0 Å². The highest BCUT2D eigenvalue weighted by atomic mass is 16.4. The Bertz CT molecular complexity index is 538. The van der Waals surface area contributed by atoms with E-state index >= 15 is 0 Å². The van der Waals surface area contributed by atoms with Crippen molar-refractivity contribution in [3.05, 3.63) is 0 Å². The molecule has 25 heavy (non-hydrogen) atoms. The molecule has 1 aliphatic heterocycles. The number of hydrogen-bond donors (Lipinski definition) is 2. The van der Waals surface area contributed by atoms with Gasteiger partial charge in [0.25, 0.3) is 5.91 Å². The molecule has 6 nitrogen and oxygen atoms in total. The first-order chi connectivity index (χ1) is 11.9. The van der Waals surface area contributed by atoms with Crippen molar-refractivity contribution in [3.63, 3.8) is 0 Å². The predicted octanol–water partition coefficient (Wildman–Crippen LogP) is 3.30. The number of nitrogens with one attached hydrogen (secondary N) is 1. The Morgan fingerprint density at radius 1 is 1.08 bits per heavy atom. The first-order valence-corrected chi connectivity index (χ1v) is 9.82.